The zero-order chi connectivity index (χ0) is 29.6. The van der Waals surface area contributed by atoms with Crippen LogP contribution in [0, 0.1) is 6.92 Å². The van der Waals surface area contributed by atoms with E-state index < -0.39 is 24.3 Å². The topological polar surface area (TPSA) is 120 Å². The highest BCUT2D eigenvalue weighted by molar-refractivity contribution is 6.04. The summed E-state index contributed by atoms with van der Waals surface area (Å²) in [6.07, 6.45) is -1.86. The van der Waals surface area contributed by atoms with Crippen molar-refractivity contribution < 1.29 is 52.5 Å². The molecule has 0 aliphatic carbocycles. The molecule has 4 atom stereocenters. The van der Waals surface area contributed by atoms with E-state index in [-0.39, 0.29) is 26.1 Å². The molecule has 0 radical (unpaired) electrons. The van der Waals surface area contributed by atoms with Crippen molar-refractivity contribution >= 4 is 17.2 Å². The van der Waals surface area contributed by atoms with Gasteiger partial charge in [-0.05, 0) is 67.1 Å². The predicted octanol–water partition coefficient (Wildman–Crippen LogP) is 4.24. The quantitative estimate of drug-likeness (QED) is 0.365. The largest absolute Gasteiger partial charge is 0.493 e. The Morgan fingerprint density at radius 3 is 2.48 bits per heavy atom. The summed E-state index contributed by atoms with van der Waals surface area (Å²) in [6, 6.07) is 9.45. The number of benzene rings is 3. The van der Waals surface area contributed by atoms with Gasteiger partial charge in [-0.1, -0.05) is 6.07 Å². The van der Waals surface area contributed by atoms with Crippen molar-refractivity contribution in [2.75, 3.05) is 27.6 Å². The normalized spacial score (nSPS) is 23.9. The number of methoxy groups -OCH3 is 2. The average molecular weight is 583 g/mol. The molecule has 0 spiro atoms. The Bertz CT molecular complexity index is 1500. The van der Waals surface area contributed by atoms with Crippen molar-refractivity contribution in [3.8, 4) is 39.9 Å². The fourth-order valence-electron chi connectivity index (χ4n) is 6.04. The Hall–Kier alpha value is -3.77. The second kappa shape index (κ2) is 11.1. The molecule has 42 heavy (non-hydrogen) atoms. The Morgan fingerprint density at radius 2 is 1.76 bits per heavy atom. The number of hydrogen-bond donors (Lipinski definition) is 1. The van der Waals surface area contributed by atoms with E-state index in [4.69, 9.17) is 42.6 Å². The molecule has 2 fully saturated rings. The highest BCUT2D eigenvalue weighted by Crippen LogP contribution is 2.48. The standard InChI is InChI=1S/C31H34O11/c1-16-20(13-36-14-33)29(40-27-11-25-30(26(12-32)39-27)42-31(2,3)41-25)19-10-23(35-5)22(34-4)9-18(19)28(16)17-6-7-21-24(8-17)38-15-37-21/h6-10,14,25-27,30,32H,11-13,15H2,1-5H3. The minimum atomic E-state index is -0.816. The van der Waals surface area contributed by atoms with E-state index >= 15 is 0 Å². The van der Waals surface area contributed by atoms with Crippen LogP contribution in [-0.4, -0.2) is 69.6 Å². The highest BCUT2D eigenvalue weighted by atomic mass is 16.8. The van der Waals surface area contributed by atoms with Crippen LogP contribution in [0.2, 0.25) is 0 Å². The van der Waals surface area contributed by atoms with Gasteiger partial charge in [0.15, 0.2) is 28.8 Å². The molecule has 11 heteroatoms. The number of aliphatic hydroxyl groups is 1. The first-order valence-corrected chi connectivity index (χ1v) is 13.7. The molecule has 1 N–H and O–H groups in total. The van der Waals surface area contributed by atoms with Gasteiger partial charge in [0.1, 0.15) is 24.6 Å². The Morgan fingerprint density at radius 1 is 1.02 bits per heavy atom. The van der Waals surface area contributed by atoms with Crippen molar-refractivity contribution in [1.29, 1.82) is 0 Å². The van der Waals surface area contributed by atoms with Crippen molar-refractivity contribution in [2.45, 2.75) is 64.2 Å². The molecule has 4 unspecified atom stereocenters. The van der Waals surface area contributed by atoms with Crippen LogP contribution in [-0.2, 0) is 30.3 Å². The maximum absolute atomic E-state index is 11.4. The lowest BCUT2D eigenvalue weighted by atomic mass is 9.89. The molecule has 0 saturated carbocycles. The average Bonchev–Trinajstić information content (AvgIpc) is 3.58. The molecule has 3 aromatic rings. The molecular formula is C31H34O11. The second-order valence-corrected chi connectivity index (χ2v) is 10.8. The summed E-state index contributed by atoms with van der Waals surface area (Å²) in [5, 5.41) is 11.6. The van der Waals surface area contributed by atoms with Gasteiger partial charge in [0.25, 0.3) is 6.47 Å². The molecule has 6 rings (SSSR count). The highest BCUT2D eigenvalue weighted by Gasteiger charge is 2.50. The van der Waals surface area contributed by atoms with Gasteiger partial charge in [0, 0.05) is 17.4 Å². The van der Waals surface area contributed by atoms with Gasteiger partial charge in [-0.25, -0.2) is 0 Å². The van der Waals surface area contributed by atoms with Crippen LogP contribution < -0.4 is 23.7 Å². The van der Waals surface area contributed by atoms with Gasteiger partial charge in [-0.2, -0.15) is 0 Å². The van der Waals surface area contributed by atoms with E-state index in [9.17, 15) is 9.90 Å². The van der Waals surface area contributed by atoms with Crippen LogP contribution in [0.4, 0.5) is 0 Å². The Labute approximate surface area is 243 Å². The van der Waals surface area contributed by atoms with Crippen molar-refractivity contribution in [3.05, 3.63) is 41.5 Å². The van der Waals surface area contributed by atoms with Gasteiger partial charge < -0.3 is 47.7 Å². The first-order chi connectivity index (χ1) is 20.3. The SMILES string of the molecule is COc1cc2c(OC3CC4OC(C)(C)OC4C(CO)O3)c(COC=O)c(C)c(-c3ccc4c(c3)OCO4)c2cc1OC. The lowest BCUT2D eigenvalue weighted by Crippen LogP contribution is -2.50. The summed E-state index contributed by atoms with van der Waals surface area (Å²) in [4.78, 5) is 11.4. The van der Waals surface area contributed by atoms with Crippen LogP contribution in [0.25, 0.3) is 21.9 Å². The monoisotopic (exact) mass is 582 g/mol. The summed E-state index contributed by atoms with van der Waals surface area (Å²) < 4.78 is 52.7. The lowest BCUT2D eigenvalue weighted by Gasteiger charge is -2.36. The molecule has 0 aromatic heterocycles. The summed E-state index contributed by atoms with van der Waals surface area (Å²) in [5.41, 5.74) is 3.20. The number of rotatable bonds is 9. The maximum Gasteiger partial charge on any atom is 0.293 e. The predicted molar refractivity (Wildman–Crippen MR) is 149 cm³/mol. The van der Waals surface area contributed by atoms with Crippen LogP contribution >= 0.6 is 0 Å². The third-order valence-corrected chi connectivity index (χ3v) is 7.86. The van der Waals surface area contributed by atoms with Gasteiger partial charge in [0.2, 0.25) is 13.1 Å². The van der Waals surface area contributed by atoms with E-state index in [1.165, 1.54) is 0 Å². The minimum Gasteiger partial charge on any atom is -0.493 e. The molecule has 3 heterocycles. The molecule has 224 valence electrons. The molecule has 11 nitrogen and oxygen atoms in total. The fraction of sp³-hybridized carbons (Fsp3) is 0.452. The van der Waals surface area contributed by atoms with E-state index in [1.54, 1.807) is 14.2 Å². The van der Waals surface area contributed by atoms with Gasteiger partial charge in [0.05, 0.1) is 26.9 Å². The number of carbonyl (C=O) groups excluding carboxylic acids is 1. The minimum absolute atomic E-state index is 0.0542. The summed E-state index contributed by atoms with van der Waals surface area (Å²) in [7, 11) is 3.13. The van der Waals surface area contributed by atoms with Crippen molar-refractivity contribution in [3.63, 3.8) is 0 Å². The van der Waals surface area contributed by atoms with Crippen molar-refractivity contribution in [1.82, 2.24) is 0 Å². The molecule has 3 aliphatic rings. The number of ether oxygens (including phenoxy) is 9. The molecule has 3 aliphatic heterocycles. The maximum atomic E-state index is 11.4. The van der Waals surface area contributed by atoms with Crippen LogP contribution in [0.1, 0.15) is 31.4 Å². The Balaban J connectivity index is 1.52. The molecule has 2 saturated heterocycles. The number of carbonyl (C=O) groups is 1. The van der Waals surface area contributed by atoms with Gasteiger partial charge >= 0.3 is 0 Å². The third kappa shape index (κ3) is 4.96. The zero-order valence-corrected chi connectivity index (χ0v) is 24.1. The fourth-order valence-corrected chi connectivity index (χ4v) is 6.04. The summed E-state index contributed by atoms with van der Waals surface area (Å²) in [5.74, 6) is 1.96. The molecule has 0 bridgehead atoms. The first-order valence-electron chi connectivity index (χ1n) is 13.7. The molecule has 3 aromatic carbocycles. The number of aliphatic hydroxyl groups excluding tert-OH is 1. The number of fused-ring (bicyclic) bond motifs is 3. The van der Waals surface area contributed by atoms with Crippen LogP contribution in [0.3, 0.4) is 0 Å². The summed E-state index contributed by atoms with van der Waals surface area (Å²) >= 11 is 0. The van der Waals surface area contributed by atoms with Crippen molar-refractivity contribution in [2.24, 2.45) is 0 Å². The van der Waals surface area contributed by atoms with E-state index in [2.05, 4.69) is 0 Å². The van der Waals surface area contributed by atoms with E-state index in [0.717, 1.165) is 22.1 Å². The first kappa shape index (κ1) is 28.4. The Kier molecular flexibility index (Phi) is 7.52. The number of hydrogen-bond acceptors (Lipinski definition) is 11. The molecular weight excluding hydrogens is 548 g/mol. The summed E-state index contributed by atoms with van der Waals surface area (Å²) in [6.45, 7) is 5.83. The molecule has 0 amide bonds. The second-order valence-electron chi connectivity index (χ2n) is 10.8. The lowest BCUT2D eigenvalue weighted by molar-refractivity contribution is -0.207. The third-order valence-electron chi connectivity index (χ3n) is 7.86. The van der Waals surface area contributed by atoms with E-state index in [1.807, 2.05) is 51.1 Å². The van der Waals surface area contributed by atoms with Crippen LogP contribution in [0.5, 0.6) is 28.7 Å². The zero-order valence-electron chi connectivity index (χ0n) is 24.1. The van der Waals surface area contributed by atoms with Crippen LogP contribution in [0.15, 0.2) is 30.3 Å². The van der Waals surface area contributed by atoms with Gasteiger partial charge in [-0.15, -0.1) is 0 Å². The van der Waals surface area contributed by atoms with Gasteiger partial charge in [-0.3, -0.25) is 4.79 Å². The van der Waals surface area contributed by atoms with E-state index in [0.29, 0.717) is 52.6 Å². The smallest absolute Gasteiger partial charge is 0.293 e.